The summed E-state index contributed by atoms with van der Waals surface area (Å²) in [7, 11) is 0. The van der Waals surface area contributed by atoms with E-state index >= 15 is 0 Å². The summed E-state index contributed by atoms with van der Waals surface area (Å²) < 4.78 is 0. The largest absolute Gasteiger partial charge is 0.384 e. The highest BCUT2D eigenvalue weighted by Gasteiger charge is 1.81. The molecule has 0 saturated carbocycles. The van der Waals surface area contributed by atoms with Gasteiger partial charge in [-0.05, 0) is 6.08 Å². The maximum absolute atomic E-state index is 5.26. The first-order valence-electron chi connectivity index (χ1n) is 3.23. The van der Waals surface area contributed by atoms with Crippen molar-refractivity contribution in [3.63, 3.8) is 0 Å². The van der Waals surface area contributed by atoms with E-state index in [1.165, 1.54) is 0 Å². The summed E-state index contributed by atoms with van der Waals surface area (Å²) in [5.74, 6) is 0. The molecule has 0 unspecified atom stereocenters. The summed E-state index contributed by atoms with van der Waals surface area (Å²) in [5.41, 5.74) is 6.12. The van der Waals surface area contributed by atoms with Gasteiger partial charge in [0.15, 0.2) is 0 Å². The molecule has 2 nitrogen and oxygen atoms in total. The van der Waals surface area contributed by atoms with E-state index in [1.807, 2.05) is 12.2 Å². The number of allylic oxidation sites excluding steroid dienone is 3. The van der Waals surface area contributed by atoms with Gasteiger partial charge < -0.3 is 11.1 Å². The van der Waals surface area contributed by atoms with Gasteiger partial charge in [0.1, 0.15) is 0 Å². The second kappa shape index (κ2) is 6.11. The minimum atomic E-state index is 0.626. The number of nitrogens with one attached hydrogen (secondary N) is 1. The van der Waals surface area contributed by atoms with Gasteiger partial charge in [-0.1, -0.05) is 25.3 Å². The first-order valence-corrected chi connectivity index (χ1v) is 3.23. The smallest absolute Gasteiger partial charge is 0.0269 e. The van der Waals surface area contributed by atoms with Crippen LogP contribution in [0, 0.1) is 0 Å². The van der Waals surface area contributed by atoms with Crippen LogP contribution in [0.2, 0.25) is 0 Å². The van der Waals surface area contributed by atoms with Gasteiger partial charge in [-0.15, -0.1) is 0 Å². The molecule has 0 bridgehead atoms. The van der Waals surface area contributed by atoms with Crippen molar-refractivity contribution in [2.24, 2.45) is 5.73 Å². The zero-order chi connectivity index (χ0) is 7.82. The molecule has 0 rings (SSSR count). The summed E-state index contributed by atoms with van der Waals surface area (Å²) >= 11 is 0. The van der Waals surface area contributed by atoms with Crippen LogP contribution in [0.4, 0.5) is 0 Å². The van der Waals surface area contributed by atoms with Crippen molar-refractivity contribution in [1.29, 1.82) is 0 Å². The van der Waals surface area contributed by atoms with Crippen molar-refractivity contribution < 1.29 is 0 Å². The van der Waals surface area contributed by atoms with Crippen LogP contribution in [0.25, 0.3) is 0 Å². The van der Waals surface area contributed by atoms with E-state index in [4.69, 9.17) is 5.73 Å². The molecule has 3 N–H and O–H groups in total. The van der Waals surface area contributed by atoms with Crippen LogP contribution >= 0.6 is 0 Å². The van der Waals surface area contributed by atoms with E-state index in [-0.39, 0.29) is 0 Å². The van der Waals surface area contributed by atoms with Crippen molar-refractivity contribution in [2.75, 3.05) is 13.1 Å². The van der Waals surface area contributed by atoms with Crippen molar-refractivity contribution in [2.45, 2.75) is 0 Å². The van der Waals surface area contributed by atoms with Gasteiger partial charge in [0, 0.05) is 18.8 Å². The molecule has 10 heavy (non-hydrogen) atoms. The maximum Gasteiger partial charge on any atom is 0.0269 e. The molecule has 0 aromatic heterocycles. The number of hydrogen-bond donors (Lipinski definition) is 2. The Morgan fingerprint density at radius 3 is 2.80 bits per heavy atom. The van der Waals surface area contributed by atoms with Crippen LogP contribution in [0.15, 0.2) is 37.1 Å². The third kappa shape index (κ3) is 5.12. The van der Waals surface area contributed by atoms with Gasteiger partial charge in [-0.2, -0.15) is 0 Å². The van der Waals surface area contributed by atoms with Crippen molar-refractivity contribution in [1.82, 2.24) is 5.32 Å². The topological polar surface area (TPSA) is 38.0 Å². The molecule has 0 radical (unpaired) electrons. The quantitative estimate of drug-likeness (QED) is 0.551. The first-order chi connectivity index (χ1) is 4.81. The SMILES string of the molecule is C=C/C=C\C(=C)NCCN. The predicted molar refractivity (Wildman–Crippen MR) is 45.5 cm³/mol. The molecule has 0 amide bonds. The summed E-state index contributed by atoms with van der Waals surface area (Å²) in [5, 5.41) is 3.01. The number of nitrogens with two attached hydrogens (primary N) is 1. The monoisotopic (exact) mass is 138 g/mol. The lowest BCUT2D eigenvalue weighted by Gasteiger charge is -2.01. The van der Waals surface area contributed by atoms with Crippen LogP contribution in [0.5, 0.6) is 0 Å². The number of hydrogen-bond acceptors (Lipinski definition) is 2. The Hall–Kier alpha value is -1.02. The Bertz CT molecular complexity index is 136. The van der Waals surface area contributed by atoms with Gasteiger partial charge in [-0.3, -0.25) is 0 Å². The van der Waals surface area contributed by atoms with E-state index in [9.17, 15) is 0 Å². The van der Waals surface area contributed by atoms with Gasteiger partial charge in [-0.25, -0.2) is 0 Å². The van der Waals surface area contributed by atoms with E-state index in [1.54, 1.807) is 6.08 Å². The van der Waals surface area contributed by atoms with Crippen molar-refractivity contribution >= 4 is 0 Å². The standard InChI is InChI=1S/C8H14N2/c1-3-4-5-8(2)10-7-6-9/h3-5,10H,1-2,6-7,9H2/b5-4-. The molecule has 0 aromatic carbocycles. The summed E-state index contributed by atoms with van der Waals surface area (Å²) in [4.78, 5) is 0. The summed E-state index contributed by atoms with van der Waals surface area (Å²) in [6.45, 7) is 8.65. The van der Waals surface area contributed by atoms with Gasteiger partial charge >= 0.3 is 0 Å². The van der Waals surface area contributed by atoms with E-state index in [2.05, 4.69) is 18.5 Å². The molecule has 0 aromatic rings. The second-order valence-corrected chi connectivity index (χ2v) is 1.84. The Kier molecular flexibility index (Phi) is 5.48. The van der Waals surface area contributed by atoms with E-state index in [0.717, 1.165) is 12.2 Å². The van der Waals surface area contributed by atoms with E-state index < -0.39 is 0 Å². The first kappa shape index (κ1) is 8.98. The Balaban J connectivity index is 3.43. The molecule has 2 heteroatoms. The van der Waals surface area contributed by atoms with E-state index in [0.29, 0.717) is 6.54 Å². The average molecular weight is 138 g/mol. The lowest BCUT2D eigenvalue weighted by atomic mass is 10.4. The Morgan fingerprint density at radius 2 is 2.30 bits per heavy atom. The molecular weight excluding hydrogens is 124 g/mol. The third-order valence-corrected chi connectivity index (χ3v) is 0.930. The highest BCUT2D eigenvalue weighted by molar-refractivity contribution is 5.16. The molecule has 0 spiro atoms. The second-order valence-electron chi connectivity index (χ2n) is 1.84. The molecular formula is C8H14N2. The fourth-order valence-electron chi connectivity index (χ4n) is 0.476. The van der Waals surface area contributed by atoms with Crippen LogP contribution in [0.3, 0.4) is 0 Å². The average Bonchev–Trinajstić information content (AvgIpc) is 1.97. The molecule has 56 valence electrons. The minimum Gasteiger partial charge on any atom is -0.384 e. The van der Waals surface area contributed by atoms with Crippen molar-refractivity contribution in [3.8, 4) is 0 Å². The zero-order valence-corrected chi connectivity index (χ0v) is 6.14. The van der Waals surface area contributed by atoms with Gasteiger partial charge in [0.05, 0.1) is 0 Å². The predicted octanol–water partition coefficient (Wildman–Crippen LogP) is 0.791. The molecule has 0 aliphatic rings. The Morgan fingerprint density at radius 1 is 1.60 bits per heavy atom. The van der Waals surface area contributed by atoms with Crippen LogP contribution in [-0.4, -0.2) is 13.1 Å². The fourth-order valence-corrected chi connectivity index (χ4v) is 0.476. The minimum absolute atomic E-state index is 0.626. The molecule has 0 saturated heterocycles. The molecule has 0 aliphatic carbocycles. The normalized spacial score (nSPS) is 9.70. The van der Waals surface area contributed by atoms with Crippen LogP contribution < -0.4 is 11.1 Å². The van der Waals surface area contributed by atoms with Crippen molar-refractivity contribution in [3.05, 3.63) is 37.1 Å². The molecule has 0 atom stereocenters. The van der Waals surface area contributed by atoms with Gasteiger partial charge in [0.2, 0.25) is 0 Å². The fraction of sp³-hybridized carbons (Fsp3) is 0.250. The molecule has 0 fully saturated rings. The Labute approximate surface area is 62.1 Å². The maximum atomic E-state index is 5.26. The van der Waals surface area contributed by atoms with Crippen LogP contribution in [-0.2, 0) is 0 Å². The highest BCUT2D eigenvalue weighted by atomic mass is 14.9. The summed E-state index contributed by atoms with van der Waals surface area (Å²) in [6, 6.07) is 0. The summed E-state index contributed by atoms with van der Waals surface area (Å²) in [6.07, 6.45) is 5.38. The number of rotatable bonds is 5. The van der Waals surface area contributed by atoms with Gasteiger partial charge in [0.25, 0.3) is 0 Å². The lowest BCUT2D eigenvalue weighted by molar-refractivity contribution is 0.817. The third-order valence-electron chi connectivity index (χ3n) is 0.930. The van der Waals surface area contributed by atoms with Crippen LogP contribution in [0.1, 0.15) is 0 Å². The lowest BCUT2D eigenvalue weighted by Crippen LogP contribution is -2.20. The molecule has 0 heterocycles. The zero-order valence-electron chi connectivity index (χ0n) is 6.14. The highest BCUT2D eigenvalue weighted by Crippen LogP contribution is 1.85. The molecule has 0 aliphatic heterocycles.